The minimum Gasteiger partial charge on any atom is -0.496 e. The minimum atomic E-state index is -0.0702. The standard InChI is InChI=1S/C21H23N5O3/c1-28-18-8-3-2-6-15(18)17-14-22-12-13-26(17)20(27)10-9-19-24-21(25-29-19)16-7-4-5-11-23-16/h2-8,11,17,22H,9-10,12-14H2,1H3. The van der Waals surface area contributed by atoms with Gasteiger partial charge in [0, 0.05) is 44.2 Å². The summed E-state index contributed by atoms with van der Waals surface area (Å²) in [7, 11) is 1.65. The second-order valence-corrected chi connectivity index (χ2v) is 6.78. The van der Waals surface area contributed by atoms with Crippen molar-refractivity contribution < 1.29 is 14.1 Å². The molecule has 0 saturated carbocycles. The number of methoxy groups -OCH3 is 1. The van der Waals surface area contributed by atoms with Gasteiger partial charge >= 0.3 is 0 Å². The number of para-hydroxylation sites is 1. The van der Waals surface area contributed by atoms with Crippen molar-refractivity contribution in [2.45, 2.75) is 18.9 Å². The third kappa shape index (κ3) is 4.27. The number of nitrogens with one attached hydrogen (secondary N) is 1. The number of aryl methyl sites for hydroxylation is 1. The van der Waals surface area contributed by atoms with E-state index in [1.54, 1.807) is 13.3 Å². The number of pyridine rings is 1. The average molecular weight is 393 g/mol. The summed E-state index contributed by atoms with van der Waals surface area (Å²) in [5.41, 5.74) is 1.65. The second-order valence-electron chi connectivity index (χ2n) is 6.78. The number of rotatable bonds is 6. The van der Waals surface area contributed by atoms with Crippen LogP contribution in [0.15, 0.2) is 53.2 Å². The Morgan fingerprint density at radius 1 is 1.28 bits per heavy atom. The maximum Gasteiger partial charge on any atom is 0.227 e. The van der Waals surface area contributed by atoms with Crippen LogP contribution in [0.5, 0.6) is 5.75 Å². The highest BCUT2D eigenvalue weighted by Gasteiger charge is 2.29. The fraction of sp³-hybridized carbons (Fsp3) is 0.333. The molecule has 2 aromatic heterocycles. The first-order valence-electron chi connectivity index (χ1n) is 9.63. The highest BCUT2D eigenvalue weighted by atomic mass is 16.5. The summed E-state index contributed by atoms with van der Waals surface area (Å²) in [4.78, 5) is 23.5. The summed E-state index contributed by atoms with van der Waals surface area (Å²) < 4.78 is 10.8. The molecule has 3 aromatic rings. The molecule has 1 amide bonds. The Morgan fingerprint density at radius 3 is 2.97 bits per heavy atom. The molecular weight excluding hydrogens is 370 g/mol. The summed E-state index contributed by atoms with van der Waals surface area (Å²) in [5.74, 6) is 1.71. The van der Waals surface area contributed by atoms with Crippen molar-refractivity contribution in [2.24, 2.45) is 0 Å². The Bertz CT molecular complexity index is 960. The van der Waals surface area contributed by atoms with Gasteiger partial charge in [0.2, 0.25) is 17.6 Å². The molecule has 29 heavy (non-hydrogen) atoms. The van der Waals surface area contributed by atoms with Crippen molar-refractivity contribution in [2.75, 3.05) is 26.7 Å². The quantitative estimate of drug-likeness (QED) is 0.686. The molecule has 0 radical (unpaired) electrons. The average Bonchev–Trinajstić information content (AvgIpc) is 3.27. The predicted octanol–water partition coefficient (Wildman–Crippen LogP) is 2.25. The molecule has 1 saturated heterocycles. The molecule has 4 rings (SSSR count). The van der Waals surface area contributed by atoms with E-state index in [0.29, 0.717) is 43.3 Å². The van der Waals surface area contributed by atoms with Crippen molar-refractivity contribution >= 4 is 5.91 Å². The normalized spacial score (nSPS) is 16.6. The van der Waals surface area contributed by atoms with Gasteiger partial charge in [0.05, 0.1) is 13.2 Å². The highest BCUT2D eigenvalue weighted by Crippen LogP contribution is 2.30. The van der Waals surface area contributed by atoms with E-state index >= 15 is 0 Å². The smallest absolute Gasteiger partial charge is 0.227 e. The van der Waals surface area contributed by atoms with E-state index in [1.807, 2.05) is 47.4 Å². The van der Waals surface area contributed by atoms with Crippen LogP contribution in [0.2, 0.25) is 0 Å². The fourth-order valence-corrected chi connectivity index (χ4v) is 3.54. The van der Waals surface area contributed by atoms with Gasteiger partial charge < -0.3 is 19.5 Å². The SMILES string of the molecule is COc1ccccc1C1CNCCN1C(=O)CCc1nc(-c2ccccn2)no1. The molecule has 3 heterocycles. The molecule has 1 N–H and O–H groups in total. The van der Waals surface area contributed by atoms with E-state index in [2.05, 4.69) is 20.4 Å². The summed E-state index contributed by atoms with van der Waals surface area (Å²) >= 11 is 0. The van der Waals surface area contributed by atoms with Crippen molar-refractivity contribution in [3.63, 3.8) is 0 Å². The number of amides is 1. The number of carbonyl (C=O) groups is 1. The van der Waals surface area contributed by atoms with Gasteiger partial charge in [-0.25, -0.2) is 0 Å². The molecule has 0 spiro atoms. The van der Waals surface area contributed by atoms with Gasteiger partial charge in [-0.2, -0.15) is 4.98 Å². The van der Waals surface area contributed by atoms with Crippen molar-refractivity contribution in [3.8, 4) is 17.3 Å². The lowest BCUT2D eigenvalue weighted by Crippen LogP contribution is -2.48. The van der Waals surface area contributed by atoms with Crippen molar-refractivity contribution in [1.82, 2.24) is 25.3 Å². The predicted molar refractivity (Wildman–Crippen MR) is 106 cm³/mol. The lowest BCUT2D eigenvalue weighted by Gasteiger charge is -2.37. The number of ether oxygens (including phenoxy) is 1. The van der Waals surface area contributed by atoms with E-state index in [4.69, 9.17) is 9.26 Å². The van der Waals surface area contributed by atoms with Crippen LogP contribution in [-0.2, 0) is 11.2 Å². The Balaban J connectivity index is 1.44. The highest BCUT2D eigenvalue weighted by molar-refractivity contribution is 5.77. The molecule has 1 aliphatic heterocycles. The zero-order valence-corrected chi connectivity index (χ0v) is 16.2. The first kappa shape index (κ1) is 19.1. The molecule has 1 aromatic carbocycles. The Morgan fingerprint density at radius 2 is 2.14 bits per heavy atom. The summed E-state index contributed by atoms with van der Waals surface area (Å²) in [6, 6.07) is 13.3. The topological polar surface area (TPSA) is 93.4 Å². The van der Waals surface area contributed by atoms with Crippen LogP contribution in [0.1, 0.15) is 23.9 Å². The van der Waals surface area contributed by atoms with Gasteiger partial charge in [-0.3, -0.25) is 9.78 Å². The second kappa shape index (κ2) is 8.83. The molecular formula is C21H23N5O3. The van der Waals surface area contributed by atoms with Gasteiger partial charge in [-0.1, -0.05) is 29.4 Å². The van der Waals surface area contributed by atoms with Gasteiger partial charge in [-0.15, -0.1) is 0 Å². The van der Waals surface area contributed by atoms with Crippen LogP contribution in [0, 0.1) is 0 Å². The van der Waals surface area contributed by atoms with Crippen LogP contribution in [0.4, 0.5) is 0 Å². The third-order valence-corrected chi connectivity index (χ3v) is 4.98. The van der Waals surface area contributed by atoms with Crippen LogP contribution >= 0.6 is 0 Å². The maximum absolute atomic E-state index is 13.0. The molecule has 1 fully saturated rings. The van der Waals surface area contributed by atoms with E-state index in [9.17, 15) is 4.79 Å². The first-order valence-corrected chi connectivity index (χ1v) is 9.63. The Kier molecular flexibility index (Phi) is 5.81. The zero-order chi connectivity index (χ0) is 20.1. The van der Waals surface area contributed by atoms with Crippen molar-refractivity contribution in [3.05, 3.63) is 60.1 Å². The van der Waals surface area contributed by atoms with E-state index < -0.39 is 0 Å². The van der Waals surface area contributed by atoms with Crippen molar-refractivity contribution in [1.29, 1.82) is 0 Å². The van der Waals surface area contributed by atoms with Gasteiger partial charge in [-0.05, 0) is 18.2 Å². The Labute approximate surface area is 168 Å². The molecule has 8 nitrogen and oxygen atoms in total. The third-order valence-electron chi connectivity index (χ3n) is 4.98. The summed E-state index contributed by atoms with van der Waals surface area (Å²) in [6.07, 6.45) is 2.37. The molecule has 0 aliphatic carbocycles. The van der Waals surface area contributed by atoms with Crippen LogP contribution in [-0.4, -0.2) is 52.7 Å². The van der Waals surface area contributed by atoms with Gasteiger partial charge in [0.1, 0.15) is 11.4 Å². The van der Waals surface area contributed by atoms with Gasteiger partial charge in [0.15, 0.2) is 0 Å². The first-order chi connectivity index (χ1) is 14.3. The minimum absolute atomic E-state index is 0.0555. The molecule has 1 atom stereocenters. The number of hydrogen-bond acceptors (Lipinski definition) is 7. The van der Waals surface area contributed by atoms with Crippen LogP contribution in [0.3, 0.4) is 0 Å². The van der Waals surface area contributed by atoms with E-state index in [-0.39, 0.29) is 11.9 Å². The largest absolute Gasteiger partial charge is 0.496 e. The number of benzene rings is 1. The molecule has 1 aliphatic rings. The zero-order valence-electron chi connectivity index (χ0n) is 16.2. The summed E-state index contributed by atoms with van der Waals surface area (Å²) in [6.45, 7) is 2.10. The number of nitrogens with zero attached hydrogens (tertiary/aromatic N) is 4. The molecule has 0 bridgehead atoms. The van der Waals surface area contributed by atoms with E-state index in [0.717, 1.165) is 17.9 Å². The molecule has 150 valence electrons. The lowest BCUT2D eigenvalue weighted by molar-refractivity contribution is -0.134. The maximum atomic E-state index is 13.0. The monoisotopic (exact) mass is 393 g/mol. The summed E-state index contributed by atoms with van der Waals surface area (Å²) in [5, 5.41) is 7.33. The number of carbonyl (C=O) groups excluding carboxylic acids is 1. The fourth-order valence-electron chi connectivity index (χ4n) is 3.54. The van der Waals surface area contributed by atoms with E-state index in [1.165, 1.54) is 0 Å². The number of hydrogen-bond donors (Lipinski definition) is 1. The number of piperazine rings is 1. The molecule has 8 heteroatoms. The molecule has 1 unspecified atom stereocenters. The Hall–Kier alpha value is -3.26. The number of aromatic nitrogens is 3. The van der Waals surface area contributed by atoms with Crippen LogP contribution in [0.25, 0.3) is 11.5 Å². The van der Waals surface area contributed by atoms with Crippen LogP contribution < -0.4 is 10.1 Å². The van der Waals surface area contributed by atoms with Gasteiger partial charge in [0.25, 0.3) is 0 Å². The lowest BCUT2D eigenvalue weighted by atomic mass is 10.0.